The molecule has 2 amide bonds. The molecule has 8 nitrogen and oxygen atoms in total. The van der Waals surface area contributed by atoms with Gasteiger partial charge in [-0.15, -0.1) is 0 Å². The molecule has 0 spiro atoms. The van der Waals surface area contributed by atoms with E-state index in [2.05, 4.69) is 5.32 Å². The number of hydrogen-bond acceptors (Lipinski definition) is 6. The molecule has 0 aliphatic heterocycles. The van der Waals surface area contributed by atoms with E-state index < -0.39 is 5.91 Å². The van der Waals surface area contributed by atoms with Gasteiger partial charge in [-0.2, -0.15) is 0 Å². The zero-order chi connectivity index (χ0) is 20.7. The second-order valence-corrected chi connectivity index (χ2v) is 5.95. The van der Waals surface area contributed by atoms with E-state index in [0.29, 0.717) is 12.1 Å². The molecule has 0 saturated heterocycles. The van der Waals surface area contributed by atoms with Crippen LogP contribution in [0.4, 0.5) is 0 Å². The number of aryl methyl sites for hydroxylation is 1. The van der Waals surface area contributed by atoms with Crippen LogP contribution < -0.4 is 30.0 Å². The van der Waals surface area contributed by atoms with E-state index in [-0.39, 0.29) is 29.8 Å². The van der Waals surface area contributed by atoms with Crippen LogP contribution >= 0.6 is 0 Å². The van der Waals surface area contributed by atoms with Crippen LogP contribution in [0.2, 0.25) is 0 Å². The van der Waals surface area contributed by atoms with Crippen molar-refractivity contribution in [2.24, 2.45) is 5.73 Å². The van der Waals surface area contributed by atoms with Gasteiger partial charge in [0, 0.05) is 12.1 Å². The van der Waals surface area contributed by atoms with Crippen LogP contribution in [0.1, 0.15) is 21.5 Å². The van der Waals surface area contributed by atoms with Gasteiger partial charge in [-0.25, -0.2) is 0 Å². The maximum atomic E-state index is 12.6. The first-order valence-corrected chi connectivity index (χ1v) is 8.48. The molecular weight excluding hydrogens is 364 g/mol. The van der Waals surface area contributed by atoms with Crippen LogP contribution in [-0.4, -0.2) is 39.8 Å². The highest BCUT2D eigenvalue weighted by Gasteiger charge is 2.18. The van der Waals surface area contributed by atoms with Crippen molar-refractivity contribution in [3.63, 3.8) is 0 Å². The average Bonchev–Trinajstić information content (AvgIpc) is 2.70. The van der Waals surface area contributed by atoms with Gasteiger partial charge in [0.25, 0.3) is 11.8 Å². The Morgan fingerprint density at radius 1 is 0.964 bits per heavy atom. The lowest BCUT2D eigenvalue weighted by atomic mass is 10.1. The molecule has 28 heavy (non-hydrogen) atoms. The Morgan fingerprint density at radius 3 is 2.11 bits per heavy atom. The summed E-state index contributed by atoms with van der Waals surface area (Å²) in [6, 6.07) is 8.72. The number of rotatable bonds is 9. The topological polar surface area (TPSA) is 109 Å². The number of benzene rings is 2. The van der Waals surface area contributed by atoms with Crippen LogP contribution in [0.25, 0.3) is 0 Å². The van der Waals surface area contributed by atoms with E-state index in [1.807, 2.05) is 25.1 Å². The molecular formula is C20H24N2O6. The second-order valence-electron chi connectivity index (χ2n) is 5.95. The summed E-state index contributed by atoms with van der Waals surface area (Å²) in [5.41, 5.74) is 7.34. The van der Waals surface area contributed by atoms with Gasteiger partial charge in [-0.05, 0) is 36.2 Å². The normalized spacial score (nSPS) is 10.1. The van der Waals surface area contributed by atoms with Crippen molar-refractivity contribution in [2.45, 2.75) is 13.5 Å². The maximum absolute atomic E-state index is 12.6. The highest BCUT2D eigenvalue weighted by molar-refractivity contribution is 5.95. The van der Waals surface area contributed by atoms with E-state index >= 15 is 0 Å². The van der Waals surface area contributed by atoms with Crippen molar-refractivity contribution in [1.29, 1.82) is 0 Å². The summed E-state index contributed by atoms with van der Waals surface area (Å²) in [7, 11) is 4.45. The van der Waals surface area contributed by atoms with Crippen LogP contribution in [0.3, 0.4) is 0 Å². The molecule has 2 aromatic rings. The number of amides is 2. The van der Waals surface area contributed by atoms with Gasteiger partial charge in [0.05, 0.1) is 21.3 Å². The predicted octanol–water partition coefficient (Wildman–Crippen LogP) is 1.81. The van der Waals surface area contributed by atoms with Crippen molar-refractivity contribution < 1.29 is 28.5 Å². The molecule has 2 aromatic carbocycles. The number of nitrogens with two attached hydrogens (primary N) is 1. The van der Waals surface area contributed by atoms with E-state index in [9.17, 15) is 9.59 Å². The van der Waals surface area contributed by atoms with Gasteiger partial charge in [0.1, 0.15) is 5.75 Å². The fourth-order valence-electron chi connectivity index (χ4n) is 2.56. The fourth-order valence-corrected chi connectivity index (χ4v) is 2.56. The van der Waals surface area contributed by atoms with Gasteiger partial charge in [-0.1, -0.05) is 12.1 Å². The van der Waals surface area contributed by atoms with E-state index in [1.165, 1.54) is 26.4 Å². The van der Waals surface area contributed by atoms with Gasteiger partial charge in [-0.3, -0.25) is 9.59 Å². The standard InChI is InChI=1S/C20H24N2O6/c1-12-5-6-13(7-15(12)25-2)10-22-20(24)14-8-16(26-3)19(17(9-14)27-4)28-11-18(21)23/h5-9H,10-11H2,1-4H3,(H2,21,23)(H,22,24). The summed E-state index contributed by atoms with van der Waals surface area (Å²) in [6.07, 6.45) is 0. The molecule has 0 radical (unpaired) electrons. The van der Waals surface area contributed by atoms with Gasteiger partial charge < -0.3 is 30.0 Å². The lowest BCUT2D eigenvalue weighted by Crippen LogP contribution is -2.23. The molecule has 0 aliphatic rings. The summed E-state index contributed by atoms with van der Waals surface area (Å²) >= 11 is 0. The Morgan fingerprint density at radius 2 is 1.57 bits per heavy atom. The molecule has 3 N–H and O–H groups in total. The van der Waals surface area contributed by atoms with Crippen molar-refractivity contribution in [2.75, 3.05) is 27.9 Å². The largest absolute Gasteiger partial charge is 0.496 e. The minimum Gasteiger partial charge on any atom is -0.496 e. The molecule has 0 aliphatic carbocycles. The molecule has 0 heterocycles. The zero-order valence-corrected chi connectivity index (χ0v) is 16.3. The minimum atomic E-state index is -0.639. The number of hydrogen-bond donors (Lipinski definition) is 2. The Hall–Kier alpha value is -3.42. The Balaban J connectivity index is 2.19. The summed E-state index contributed by atoms with van der Waals surface area (Å²) in [5, 5.41) is 2.84. The quantitative estimate of drug-likeness (QED) is 0.678. The number of methoxy groups -OCH3 is 3. The number of carbonyl (C=O) groups is 2. The Kier molecular flexibility index (Phi) is 7.08. The SMILES string of the molecule is COc1cc(CNC(=O)c2cc(OC)c(OCC(N)=O)c(OC)c2)ccc1C. The van der Waals surface area contributed by atoms with Gasteiger partial charge in [0.2, 0.25) is 5.75 Å². The average molecular weight is 388 g/mol. The summed E-state index contributed by atoms with van der Waals surface area (Å²) in [6.45, 7) is 1.93. The monoisotopic (exact) mass is 388 g/mol. The molecule has 0 atom stereocenters. The molecule has 0 saturated carbocycles. The summed E-state index contributed by atoms with van der Waals surface area (Å²) < 4.78 is 21.2. The van der Waals surface area contributed by atoms with Gasteiger partial charge >= 0.3 is 0 Å². The van der Waals surface area contributed by atoms with E-state index in [1.54, 1.807) is 7.11 Å². The van der Waals surface area contributed by atoms with Crippen LogP contribution in [0.5, 0.6) is 23.0 Å². The Labute approximate surface area is 163 Å². The van der Waals surface area contributed by atoms with E-state index in [4.69, 9.17) is 24.7 Å². The fraction of sp³-hybridized carbons (Fsp3) is 0.300. The number of carbonyl (C=O) groups excluding carboxylic acids is 2. The molecule has 0 bridgehead atoms. The predicted molar refractivity (Wildman–Crippen MR) is 103 cm³/mol. The maximum Gasteiger partial charge on any atom is 0.255 e. The zero-order valence-electron chi connectivity index (χ0n) is 16.3. The first-order valence-electron chi connectivity index (χ1n) is 8.48. The van der Waals surface area contributed by atoms with Crippen LogP contribution in [-0.2, 0) is 11.3 Å². The highest BCUT2D eigenvalue weighted by atomic mass is 16.5. The lowest BCUT2D eigenvalue weighted by molar-refractivity contribution is -0.120. The number of ether oxygens (including phenoxy) is 4. The third-order valence-electron chi connectivity index (χ3n) is 4.01. The molecule has 8 heteroatoms. The molecule has 0 aromatic heterocycles. The summed E-state index contributed by atoms with van der Waals surface area (Å²) in [4.78, 5) is 23.6. The second kappa shape index (κ2) is 9.50. The smallest absolute Gasteiger partial charge is 0.255 e. The van der Waals surface area contributed by atoms with Gasteiger partial charge in [0.15, 0.2) is 18.1 Å². The van der Waals surface area contributed by atoms with Crippen LogP contribution in [0, 0.1) is 6.92 Å². The third kappa shape index (κ3) is 5.06. The molecule has 0 unspecified atom stereocenters. The van der Waals surface area contributed by atoms with Crippen molar-refractivity contribution in [3.8, 4) is 23.0 Å². The first kappa shape index (κ1) is 20.9. The molecule has 2 rings (SSSR count). The lowest BCUT2D eigenvalue weighted by Gasteiger charge is -2.15. The van der Waals surface area contributed by atoms with Crippen LogP contribution in [0.15, 0.2) is 30.3 Å². The summed E-state index contributed by atoms with van der Waals surface area (Å²) in [5.74, 6) is 0.497. The van der Waals surface area contributed by atoms with Crippen molar-refractivity contribution >= 4 is 11.8 Å². The Bertz CT molecular complexity index is 841. The van der Waals surface area contributed by atoms with E-state index in [0.717, 1.165) is 16.9 Å². The van der Waals surface area contributed by atoms with Crippen molar-refractivity contribution in [3.05, 3.63) is 47.0 Å². The number of primary amides is 1. The minimum absolute atomic E-state index is 0.198. The third-order valence-corrected chi connectivity index (χ3v) is 4.01. The molecule has 0 fully saturated rings. The number of nitrogens with one attached hydrogen (secondary N) is 1. The van der Waals surface area contributed by atoms with Crippen molar-refractivity contribution in [1.82, 2.24) is 5.32 Å². The first-order chi connectivity index (χ1) is 13.4. The molecule has 150 valence electrons. The highest BCUT2D eigenvalue weighted by Crippen LogP contribution is 2.38.